The number of halogens is 2. The third-order valence-corrected chi connectivity index (χ3v) is 2.54. The molecule has 0 aliphatic carbocycles. The minimum Gasteiger partial charge on any atom is -0.312 e. The molecule has 18 heavy (non-hydrogen) atoms. The van der Waals surface area contributed by atoms with Gasteiger partial charge in [0.05, 0.1) is 6.20 Å². The first-order chi connectivity index (χ1) is 8.75. The second kappa shape index (κ2) is 6.20. The highest BCUT2D eigenvalue weighted by atomic mass is 19.1. The van der Waals surface area contributed by atoms with Crippen LogP contribution >= 0.6 is 0 Å². The van der Waals surface area contributed by atoms with Crippen LogP contribution in [0.4, 0.5) is 8.78 Å². The van der Waals surface area contributed by atoms with Crippen LogP contribution in [-0.2, 0) is 13.1 Å². The van der Waals surface area contributed by atoms with Crippen molar-refractivity contribution in [1.82, 2.24) is 20.3 Å². The lowest BCUT2D eigenvalue weighted by atomic mass is 10.2. The summed E-state index contributed by atoms with van der Waals surface area (Å²) in [6.07, 6.45) is 4.28. The van der Waals surface area contributed by atoms with Crippen molar-refractivity contribution >= 4 is 0 Å². The number of rotatable bonds is 6. The topological polar surface area (TPSA) is 42.7 Å². The molecule has 0 aliphatic heterocycles. The molecule has 0 atom stereocenters. The van der Waals surface area contributed by atoms with E-state index in [2.05, 4.69) is 15.6 Å². The molecular formula is C12H14F2N4. The highest BCUT2D eigenvalue weighted by Crippen LogP contribution is 2.08. The van der Waals surface area contributed by atoms with Crippen LogP contribution in [0.5, 0.6) is 0 Å². The Balaban J connectivity index is 1.69. The van der Waals surface area contributed by atoms with Crippen molar-refractivity contribution in [2.24, 2.45) is 0 Å². The Morgan fingerprint density at radius 1 is 1.28 bits per heavy atom. The van der Waals surface area contributed by atoms with Gasteiger partial charge >= 0.3 is 0 Å². The average Bonchev–Trinajstić information content (AvgIpc) is 2.84. The van der Waals surface area contributed by atoms with E-state index in [9.17, 15) is 8.78 Å². The molecule has 0 radical (unpaired) electrons. The second-order valence-electron chi connectivity index (χ2n) is 3.93. The molecule has 0 spiro atoms. The van der Waals surface area contributed by atoms with E-state index in [-0.39, 0.29) is 0 Å². The number of aryl methyl sites for hydroxylation is 1. The SMILES string of the molecule is Fc1ccc(CNCCCn2ccnn2)c(F)c1. The molecule has 2 rings (SSSR count). The fourth-order valence-electron chi connectivity index (χ4n) is 1.61. The first-order valence-corrected chi connectivity index (χ1v) is 5.74. The van der Waals surface area contributed by atoms with Crippen LogP contribution in [0, 0.1) is 11.6 Å². The molecule has 6 heteroatoms. The molecule has 2 aromatic rings. The lowest BCUT2D eigenvalue weighted by Crippen LogP contribution is -2.17. The van der Waals surface area contributed by atoms with Gasteiger partial charge in [-0.2, -0.15) is 0 Å². The molecule has 0 amide bonds. The molecule has 1 aromatic carbocycles. The van der Waals surface area contributed by atoms with Gasteiger partial charge in [0.15, 0.2) is 0 Å². The highest BCUT2D eigenvalue weighted by molar-refractivity contribution is 5.18. The van der Waals surface area contributed by atoms with Crippen molar-refractivity contribution in [2.45, 2.75) is 19.5 Å². The summed E-state index contributed by atoms with van der Waals surface area (Å²) in [6, 6.07) is 3.61. The Hall–Kier alpha value is -1.82. The minimum absolute atomic E-state index is 0.392. The molecule has 0 saturated heterocycles. The maximum absolute atomic E-state index is 13.3. The van der Waals surface area contributed by atoms with Crippen molar-refractivity contribution in [1.29, 1.82) is 0 Å². The summed E-state index contributed by atoms with van der Waals surface area (Å²) < 4.78 is 27.7. The number of benzene rings is 1. The fraction of sp³-hybridized carbons (Fsp3) is 0.333. The number of hydrogen-bond acceptors (Lipinski definition) is 3. The van der Waals surface area contributed by atoms with Crippen LogP contribution in [0.15, 0.2) is 30.6 Å². The van der Waals surface area contributed by atoms with E-state index in [4.69, 9.17) is 0 Å². The lowest BCUT2D eigenvalue weighted by molar-refractivity contribution is 0.520. The van der Waals surface area contributed by atoms with Gasteiger partial charge in [0.2, 0.25) is 0 Å². The maximum atomic E-state index is 13.3. The third kappa shape index (κ3) is 3.59. The molecule has 0 fully saturated rings. The molecule has 1 N–H and O–H groups in total. The average molecular weight is 252 g/mol. The van der Waals surface area contributed by atoms with E-state index in [0.29, 0.717) is 12.1 Å². The van der Waals surface area contributed by atoms with Gasteiger partial charge in [0, 0.05) is 30.9 Å². The number of aromatic nitrogens is 3. The Kier molecular flexibility index (Phi) is 4.35. The van der Waals surface area contributed by atoms with Crippen LogP contribution in [0.1, 0.15) is 12.0 Å². The van der Waals surface area contributed by atoms with E-state index in [0.717, 1.165) is 25.6 Å². The van der Waals surface area contributed by atoms with Gasteiger partial charge in [0.1, 0.15) is 11.6 Å². The van der Waals surface area contributed by atoms with Gasteiger partial charge in [0.25, 0.3) is 0 Å². The van der Waals surface area contributed by atoms with Crippen LogP contribution in [0.3, 0.4) is 0 Å². The van der Waals surface area contributed by atoms with Crippen LogP contribution in [0.25, 0.3) is 0 Å². The van der Waals surface area contributed by atoms with Crippen LogP contribution in [0.2, 0.25) is 0 Å². The molecule has 1 heterocycles. The third-order valence-electron chi connectivity index (χ3n) is 2.54. The van der Waals surface area contributed by atoms with E-state index >= 15 is 0 Å². The highest BCUT2D eigenvalue weighted by Gasteiger charge is 2.02. The molecular weight excluding hydrogens is 238 g/mol. The van der Waals surface area contributed by atoms with Gasteiger partial charge in [-0.15, -0.1) is 5.10 Å². The van der Waals surface area contributed by atoms with Gasteiger partial charge in [-0.05, 0) is 19.0 Å². The van der Waals surface area contributed by atoms with Gasteiger partial charge in [-0.1, -0.05) is 11.3 Å². The van der Waals surface area contributed by atoms with E-state index in [1.54, 1.807) is 17.1 Å². The summed E-state index contributed by atoms with van der Waals surface area (Å²) >= 11 is 0. The monoisotopic (exact) mass is 252 g/mol. The van der Waals surface area contributed by atoms with E-state index in [1.165, 1.54) is 12.1 Å². The summed E-state index contributed by atoms with van der Waals surface area (Å²) in [6.45, 7) is 1.89. The number of nitrogens with zero attached hydrogens (tertiary/aromatic N) is 3. The molecule has 96 valence electrons. The standard InChI is InChI=1S/C12H14F2N4/c13-11-3-2-10(12(14)8-11)9-15-4-1-6-18-7-5-16-17-18/h2-3,5,7-8,15H,1,4,6,9H2. The quantitative estimate of drug-likeness (QED) is 0.796. The molecule has 0 saturated carbocycles. The summed E-state index contributed by atoms with van der Waals surface area (Å²) in [7, 11) is 0. The summed E-state index contributed by atoms with van der Waals surface area (Å²) in [5, 5.41) is 10.6. The minimum atomic E-state index is -0.553. The normalized spacial score (nSPS) is 10.8. The Bertz CT molecular complexity index is 485. The summed E-state index contributed by atoms with van der Waals surface area (Å²) in [5.41, 5.74) is 0.470. The van der Waals surface area contributed by atoms with Crippen LogP contribution in [-0.4, -0.2) is 21.5 Å². The summed E-state index contributed by atoms with van der Waals surface area (Å²) in [5.74, 6) is -1.07. The maximum Gasteiger partial charge on any atom is 0.130 e. The number of nitrogens with one attached hydrogen (secondary N) is 1. The fourth-order valence-corrected chi connectivity index (χ4v) is 1.61. The van der Waals surface area contributed by atoms with Gasteiger partial charge in [-0.25, -0.2) is 8.78 Å². The Morgan fingerprint density at radius 2 is 2.17 bits per heavy atom. The van der Waals surface area contributed by atoms with E-state index in [1.807, 2.05) is 0 Å². The zero-order valence-corrected chi connectivity index (χ0v) is 9.81. The van der Waals surface area contributed by atoms with Crippen molar-refractivity contribution in [3.8, 4) is 0 Å². The van der Waals surface area contributed by atoms with Crippen molar-refractivity contribution in [3.05, 3.63) is 47.8 Å². The zero-order valence-electron chi connectivity index (χ0n) is 9.81. The molecule has 0 bridgehead atoms. The molecule has 0 unspecified atom stereocenters. The molecule has 0 aliphatic rings. The van der Waals surface area contributed by atoms with Crippen molar-refractivity contribution < 1.29 is 8.78 Å². The smallest absolute Gasteiger partial charge is 0.130 e. The molecule has 4 nitrogen and oxygen atoms in total. The second-order valence-corrected chi connectivity index (χ2v) is 3.93. The van der Waals surface area contributed by atoms with Crippen molar-refractivity contribution in [3.63, 3.8) is 0 Å². The van der Waals surface area contributed by atoms with Gasteiger partial charge < -0.3 is 5.32 Å². The summed E-state index contributed by atoms with van der Waals surface area (Å²) in [4.78, 5) is 0. The predicted octanol–water partition coefficient (Wildman–Crippen LogP) is 1.74. The Morgan fingerprint density at radius 3 is 2.89 bits per heavy atom. The first-order valence-electron chi connectivity index (χ1n) is 5.74. The largest absolute Gasteiger partial charge is 0.312 e. The van der Waals surface area contributed by atoms with Gasteiger partial charge in [-0.3, -0.25) is 4.68 Å². The Labute approximate surface area is 104 Å². The first kappa shape index (κ1) is 12.6. The van der Waals surface area contributed by atoms with Crippen LogP contribution < -0.4 is 5.32 Å². The van der Waals surface area contributed by atoms with E-state index < -0.39 is 11.6 Å². The zero-order chi connectivity index (χ0) is 12.8. The number of hydrogen-bond donors (Lipinski definition) is 1. The van der Waals surface area contributed by atoms with Crippen molar-refractivity contribution in [2.75, 3.05) is 6.54 Å². The predicted molar refractivity (Wildman–Crippen MR) is 62.7 cm³/mol. The molecule has 1 aromatic heterocycles. The lowest BCUT2D eigenvalue weighted by Gasteiger charge is -2.06.